The van der Waals surface area contributed by atoms with E-state index in [1.807, 2.05) is 0 Å². The van der Waals surface area contributed by atoms with Gasteiger partial charge in [-0.25, -0.2) is 8.78 Å². The average molecular weight is 501 g/mol. The zero-order chi connectivity index (χ0) is 25.6. The van der Waals surface area contributed by atoms with Crippen molar-refractivity contribution in [3.8, 4) is 17.1 Å². The molecule has 0 aliphatic heterocycles. The number of unbranched alkanes of at least 4 members (excludes halogenated alkanes) is 7. The average Bonchev–Trinajstić information content (AvgIpc) is 2.91. The van der Waals surface area contributed by atoms with Crippen LogP contribution < -0.4 is 4.74 Å². The molecule has 3 nitrogen and oxygen atoms in total. The zero-order valence-corrected chi connectivity index (χ0v) is 22.5. The first-order valence-electron chi connectivity index (χ1n) is 14.6. The topological polar surface area (TPSA) is 35.0 Å². The molecule has 1 heterocycles. The predicted octanol–water partition coefficient (Wildman–Crippen LogP) is 9.48. The third-order valence-corrected chi connectivity index (χ3v) is 7.83. The van der Waals surface area contributed by atoms with Crippen LogP contribution in [-0.2, 0) is 6.42 Å². The second-order valence-corrected chi connectivity index (χ2v) is 10.7. The van der Waals surface area contributed by atoms with Gasteiger partial charge >= 0.3 is 0 Å². The van der Waals surface area contributed by atoms with Crippen LogP contribution in [-0.4, -0.2) is 16.8 Å². The summed E-state index contributed by atoms with van der Waals surface area (Å²) >= 11 is 0. The van der Waals surface area contributed by atoms with Crippen LogP contribution in [0.1, 0.15) is 116 Å². The highest BCUT2D eigenvalue weighted by molar-refractivity contribution is 5.60. The smallest absolute Gasteiger partial charge is 0.233 e. The molecule has 1 aliphatic carbocycles. The molecule has 1 aromatic carbocycles. The van der Waals surface area contributed by atoms with Gasteiger partial charge in [0.2, 0.25) is 5.88 Å². The third-order valence-electron chi connectivity index (χ3n) is 7.83. The van der Waals surface area contributed by atoms with Crippen LogP contribution in [0.3, 0.4) is 0 Å². The van der Waals surface area contributed by atoms with E-state index in [2.05, 4.69) is 24.0 Å². The van der Waals surface area contributed by atoms with Gasteiger partial charge < -0.3 is 4.74 Å². The van der Waals surface area contributed by atoms with Crippen molar-refractivity contribution >= 4 is 0 Å². The van der Waals surface area contributed by atoms with Crippen LogP contribution in [0.4, 0.5) is 8.78 Å². The van der Waals surface area contributed by atoms with E-state index >= 15 is 0 Å². The van der Waals surface area contributed by atoms with E-state index in [4.69, 9.17) is 4.74 Å². The molecule has 1 aliphatic rings. The maximum atomic E-state index is 14.9. The summed E-state index contributed by atoms with van der Waals surface area (Å²) in [6.07, 6.45) is 19.1. The lowest BCUT2D eigenvalue weighted by atomic mass is 9.77. The largest absolute Gasteiger partial charge is 0.477 e. The van der Waals surface area contributed by atoms with E-state index in [0.717, 1.165) is 25.2 Å². The Morgan fingerprint density at radius 3 is 2.06 bits per heavy atom. The molecule has 3 rings (SSSR count). The molecule has 0 unspecified atom stereocenters. The summed E-state index contributed by atoms with van der Waals surface area (Å²) in [5.41, 5.74) is 0.942. The number of rotatable bonds is 16. The van der Waals surface area contributed by atoms with Crippen molar-refractivity contribution in [2.45, 2.75) is 117 Å². The Bertz CT molecular complexity index is 879. The van der Waals surface area contributed by atoms with Crippen LogP contribution in [0, 0.1) is 23.5 Å². The van der Waals surface area contributed by atoms with Crippen molar-refractivity contribution in [1.82, 2.24) is 10.2 Å². The van der Waals surface area contributed by atoms with Crippen LogP contribution in [0.2, 0.25) is 0 Å². The summed E-state index contributed by atoms with van der Waals surface area (Å²) in [5, 5.41) is 8.14. The Balaban J connectivity index is 1.45. The first-order chi connectivity index (χ1) is 17.6. The van der Waals surface area contributed by atoms with Crippen molar-refractivity contribution in [2.75, 3.05) is 6.61 Å². The molecule has 5 heteroatoms. The molecule has 36 heavy (non-hydrogen) atoms. The number of ether oxygens (including phenoxy) is 1. The maximum absolute atomic E-state index is 14.9. The zero-order valence-electron chi connectivity index (χ0n) is 22.5. The van der Waals surface area contributed by atoms with Gasteiger partial charge in [-0.05, 0) is 48.8 Å². The molecule has 0 N–H and O–H groups in total. The minimum atomic E-state index is -0.831. The lowest BCUT2D eigenvalue weighted by molar-refractivity contribution is 0.248. The number of hydrogen-bond donors (Lipinski definition) is 0. The summed E-state index contributed by atoms with van der Waals surface area (Å²) in [6, 6.07) is 6.69. The van der Waals surface area contributed by atoms with Crippen LogP contribution >= 0.6 is 0 Å². The van der Waals surface area contributed by atoms with E-state index in [-0.39, 0.29) is 5.56 Å². The molecule has 0 spiro atoms. The van der Waals surface area contributed by atoms with E-state index < -0.39 is 11.6 Å². The van der Waals surface area contributed by atoms with E-state index in [0.29, 0.717) is 36.1 Å². The Labute approximate surface area is 217 Å². The monoisotopic (exact) mass is 500 g/mol. The van der Waals surface area contributed by atoms with Crippen LogP contribution in [0.25, 0.3) is 11.3 Å². The van der Waals surface area contributed by atoms with Gasteiger partial charge in [0.15, 0.2) is 11.6 Å². The van der Waals surface area contributed by atoms with Crippen LogP contribution in [0.5, 0.6) is 5.88 Å². The highest BCUT2D eigenvalue weighted by Crippen LogP contribution is 2.35. The lowest BCUT2D eigenvalue weighted by Gasteiger charge is -2.28. The highest BCUT2D eigenvalue weighted by Gasteiger charge is 2.22. The maximum Gasteiger partial charge on any atom is 0.233 e. The third kappa shape index (κ3) is 9.12. The molecule has 0 bridgehead atoms. The lowest BCUT2D eigenvalue weighted by Crippen LogP contribution is -2.15. The molecule has 0 amide bonds. The molecule has 2 aromatic rings. The van der Waals surface area contributed by atoms with Crippen LogP contribution in [0.15, 0.2) is 24.3 Å². The summed E-state index contributed by atoms with van der Waals surface area (Å²) in [6.45, 7) is 5.04. The summed E-state index contributed by atoms with van der Waals surface area (Å²) in [4.78, 5) is 0. The number of hydrogen-bond acceptors (Lipinski definition) is 3. The number of aromatic nitrogens is 2. The SMILES string of the molecule is CCCCCCCOc1ccc(-c2ccc(CCC3CCC(CCCCCC)CC3)c(F)c2F)nn1. The molecule has 1 aromatic heterocycles. The van der Waals surface area contributed by atoms with Crippen molar-refractivity contribution in [3.05, 3.63) is 41.5 Å². The van der Waals surface area contributed by atoms with Gasteiger partial charge in [0.25, 0.3) is 0 Å². The number of nitrogens with zero attached hydrogens (tertiary/aromatic N) is 2. The fraction of sp³-hybridized carbons (Fsp3) is 0.677. The highest BCUT2D eigenvalue weighted by atomic mass is 19.2. The van der Waals surface area contributed by atoms with E-state index in [1.54, 1.807) is 24.3 Å². The second kappa shape index (κ2) is 15.9. The number of benzene rings is 1. The van der Waals surface area contributed by atoms with Crippen molar-refractivity contribution in [3.63, 3.8) is 0 Å². The molecule has 1 saturated carbocycles. The van der Waals surface area contributed by atoms with Gasteiger partial charge in [-0.15, -0.1) is 10.2 Å². The summed E-state index contributed by atoms with van der Waals surface area (Å²) < 4.78 is 35.4. The van der Waals surface area contributed by atoms with Gasteiger partial charge in [0.1, 0.15) is 0 Å². The molecule has 1 fully saturated rings. The normalized spacial score (nSPS) is 17.9. The van der Waals surface area contributed by atoms with Crippen molar-refractivity contribution < 1.29 is 13.5 Å². The van der Waals surface area contributed by atoms with Gasteiger partial charge in [-0.3, -0.25) is 0 Å². The Morgan fingerprint density at radius 1 is 0.722 bits per heavy atom. The molecule has 200 valence electrons. The number of aryl methyl sites for hydroxylation is 1. The fourth-order valence-corrected chi connectivity index (χ4v) is 5.43. The molecular formula is C31H46F2N2O. The van der Waals surface area contributed by atoms with Crippen molar-refractivity contribution in [1.29, 1.82) is 0 Å². The van der Waals surface area contributed by atoms with Gasteiger partial charge in [0, 0.05) is 11.6 Å². The summed E-state index contributed by atoms with van der Waals surface area (Å²) in [5.74, 6) is 0.343. The quantitative estimate of drug-likeness (QED) is 0.215. The second-order valence-electron chi connectivity index (χ2n) is 10.7. The molecular weight excluding hydrogens is 454 g/mol. The minimum Gasteiger partial charge on any atom is -0.477 e. The van der Waals surface area contributed by atoms with E-state index in [9.17, 15) is 8.78 Å². The summed E-state index contributed by atoms with van der Waals surface area (Å²) in [7, 11) is 0. The molecule has 0 saturated heterocycles. The fourth-order valence-electron chi connectivity index (χ4n) is 5.43. The number of halogens is 2. The van der Waals surface area contributed by atoms with Gasteiger partial charge in [-0.1, -0.05) is 103 Å². The predicted molar refractivity (Wildman–Crippen MR) is 144 cm³/mol. The van der Waals surface area contributed by atoms with E-state index in [1.165, 1.54) is 77.0 Å². The first-order valence-corrected chi connectivity index (χ1v) is 14.6. The van der Waals surface area contributed by atoms with Crippen molar-refractivity contribution in [2.24, 2.45) is 11.8 Å². The molecule has 0 atom stereocenters. The van der Waals surface area contributed by atoms with Gasteiger partial charge in [-0.2, -0.15) is 0 Å². The Hall–Kier alpha value is -2.04. The Kier molecular flexibility index (Phi) is 12.6. The first kappa shape index (κ1) is 28.5. The van der Waals surface area contributed by atoms with Gasteiger partial charge in [0.05, 0.1) is 12.3 Å². The minimum absolute atomic E-state index is 0.151. The molecule has 0 radical (unpaired) electrons. The Morgan fingerprint density at radius 2 is 1.39 bits per heavy atom. The standard InChI is InChI=1S/C31H46F2N2O/c1-3-5-7-9-11-23-36-29-22-21-28(34-35-29)27-20-19-26(30(32)31(27)33)18-17-25-15-13-24(14-16-25)12-10-8-6-4-2/h19-22,24-25H,3-18,23H2,1-2H3.